The van der Waals surface area contributed by atoms with E-state index >= 15 is 0 Å². The van der Waals surface area contributed by atoms with Gasteiger partial charge in [0, 0.05) is 18.1 Å². The molecular formula is C14H30N2. The summed E-state index contributed by atoms with van der Waals surface area (Å²) in [6.45, 7) is 13.9. The van der Waals surface area contributed by atoms with Crippen molar-refractivity contribution < 1.29 is 0 Å². The van der Waals surface area contributed by atoms with E-state index < -0.39 is 0 Å². The Labute approximate surface area is 102 Å². The zero-order chi connectivity index (χ0) is 12.2. The molecule has 1 aliphatic rings. The van der Waals surface area contributed by atoms with Crippen LogP contribution in [0.3, 0.4) is 0 Å². The number of nitrogens with one attached hydrogen (secondary N) is 2. The van der Waals surface area contributed by atoms with Gasteiger partial charge in [0.05, 0.1) is 0 Å². The van der Waals surface area contributed by atoms with Gasteiger partial charge in [-0.05, 0) is 45.1 Å². The zero-order valence-corrected chi connectivity index (χ0v) is 11.8. The Morgan fingerprint density at radius 1 is 1.38 bits per heavy atom. The average molecular weight is 226 g/mol. The predicted octanol–water partition coefficient (Wildman–Crippen LogP) is 2.93. The normalized spacial score (nSPS) is 25.7. The molecule has 0 aliphatic carbocycles. The maximum Gasteiger partial charge on any atom is 0.0139 e. The lowest BCUT2D eigenvalue weighted by molar-refractivity contribution is 0.220. The van der Waals surface area contributed by atoms with Crippen molar-refractivity contribution in [1.82, 2.24) is 10.6 Å². The van der Waals surface area contributed by atoms with E-state index in [2.05, 4.69) is 45.3 Å². The van der Waals surface area contributed by atoms with Crippen LogP contribution in [0.25, 0.3) is 0 Å². The van der Waals surface area contributed by atoms with Crippen LogP contribution in [-0.4, -0.2) is 24.7 Å². The van der Waals surface area contributed by atoms with Gasteiger partial charge in [0.15, 0.2) is 0 Å². The molecule has 1 saturated heterocycles. The van der Waals surface area contributed by atoms with Gasteiger partial charge in [-0.3, -0.25) is 0 Å². The van der Waals surface area contributed by atoms with E-state index in [9.17, 15) is 0 Å². The highest BCUT2D eigenvalue weighted by atomic mass is 15.0. The SMILES string of the molecule is CCCC(C)(C)CNC1CCNC(C)(C)C1. The third-order valence-corrected chi connectivity index (χ3v) is 3.65. The molecule has 1 heterocycles. The predicted molar refractivity (Wildman–Crippen MR) is 71.8 cm³/mol. The molecule has 1 rings (SSSR count). The summed E-state index contributed by atoms with van der Waals surface area (Å²) in [6, 6.07) is 0.701. The molecule has 2 N–H and O–H groups in total. The largest absolute Gasteiger partial charge is 0.313 e. The highest BCUT2D eigenvalue weighted by Gasteiger charge is 2.28. The smallest absolute Gasteiger partial charge is 0.0139 e. The van der Waals surface area contributed by atoms with Gasteiger partial charge in [-0.15, -0.1) is 0 Å². The van der Waals surface area contributed by atoms with E-state index in [1.165, 1.54) is 25.7 Å². The van der Waals surface area contributed by atoms with Gasteiger partial charge in [0.1, 0.15) is 0 Å². The minimum absolute atomic E-state index is 0.310. The van der Waals surface area contributed by atoms with Crippen LogP contribution in [0.5, 0.6) is 0 Å². The molecule has 96 valence electrons. The van der Waals surface area contributed by atoms with Gasteiger partial charge < -0.3 is 10.6 Å². The van der Waals surface area contributed by atoms with Crippen molar-refractivity contribution in [3.8, 4) is 0 Å². The molecule has 0 aromatic carbocycles. The second-order valence-electron chi connectivity index (χ2n) is 6.80. The molecule has 16 heavy (non-hydrogen) atoms. The van der Waals surface area contributed by atoms with Crippen molar-refractivity contribution in [2.75, 3.05) is 13.1 Å². The lowest BCUT2D eigenvalue weighted by atomic mass is 9.85. The van der Waals surface area contributed by atoms with Crippen molar-refractivity contribution >= 4 is 0 Å². The van der Waals surface area contributed by atoms with Crippen LogP contribution in [0.15, 0.2) is 0 Å². The first kappa shape index (κ1) is 14.0. The van der Waals surface area contributed by atoms with Gasteiger partial charge >= 0.3 is 0 Å². The molecule has 2 heteroatoms. The summed E-state index contributed by atoms with van der Waals surface area (Å²) in [5, 5.41) is 7.33. The first-order valence-corrected chi connectivity index (χ1v) is 6.83. The maximum atomic E-state index is 3.76. The second kappa shape index (κ2) is 5.50. The first-order valence-electron chi connectivity index (χ1n) is 6.83. The third-order valence-electron chi connectivity index (χ3n) is 3.65. The van der Waals surface area contributed by atoms with E-state index in [1.807, 2.05) is 0 Å². The van der Waals surface area contributed by atoms with E-state index in [-0.39, 0.29) is 0 Å². The second-order valence-corrected chi connectivity index (χ2v) is 6.80. The molecule has 0 aromatic heterocycles. The summed E-state index contributed by atoms with van der Waals surface area (Å²) in [6.07, 6.45) is 5.11. The van der Waals surface area contributed by atoms with Crippen LogP contribution in [-0.2, 0) is 0 Å². The molecule has 0 bridgehead atoms. The van der Waals surface area contributed by atoms with Gasteiger partial charge in [-0.25, -0.2) is 0 Å². The molecule has 0 spiro atoms. The molecular weight excluding hydrogens is 196 g/mol. The number of hydrogen-bond acceptors (Lipinski definition) is 2. The Balaban J connectivity index is 2.32. The van der Waals surface area contributed by atoms with Crippen molar-refractivity contribution in [3.63, 3.8) is 0 Å². The van der Waals surface area contributed by atoms with E-state index in [0.717, 1.165) is 13.1 Å². The molecule has 1 unspecified atom stereocenters. The van der Waals surface area contributed by atoms with Crippen molar-refractivity contribution in [2.45, 2.75) is 71.9 Å². The number of piperidine rings is 1. The summed E-state index contributed by atoms with van der Waals surface area (Å²) < 4.78 is 0. The summed E-state index contributed by atoms with van der Waals surface area (Å²) in [5.41, 5.74) is 0.759. The standard InChI is InChI=1S/C14H30N2/c1-6-8-13(2,3)11-15-12-7-9-16-14(4,5)10-12/h12,15-16H,6-11H2,1-5H3. The Bertz CT molecular complexity index is 209. The lowest BCUT2D eigenvalue weighted by Gasteiger charge is -2.38. The maximum absolute atomic E-state index is 3.76. The monoisotopic (exact) mass is 226 g/mol. The fourth-order valence-corrected chi connectivity index (χ4v) is 2.74. The van der Waals surface area contributed by atoms with E-state index in [1.54, 1.807) is 0 Å². The van der Waals surface area contributed by atoms with Crippen molar-refractivity contribution in [2.24, 2.45) is 5.41 Å². The van der Waals surface area contributed by atoms with Crippen molar-refractivity contribution in [1.29, 1.82) is 0 Å². The first-order chi connectivity index (χ1) is 7.35. The van der Waals surface area contributed by atoms with Crippen LogP contribution >= 0.6 is 0 Å². The number of rotatable bonds is 5. The number of hydrogen-bond donors (Lipinski definition) is 2. The Kier molecular flexibility index (Phi) is 4.81. The molecule has 1 atom stereocenters. The van der Waals surface area contributed by atoms with Crippen LogP contribution in [0, 0.1) is 5.41 Å². The van der Waals surface area contributed by atoms with Gasteiger partial charge in [0.25, 0.3) is 0 Å². The summed E-state index contributed by atoms with van der Waals surface area (Å²) in [7, 11) is 0. The van der Waals surface area contributed by atoms with Gasteiger partial charge in [-0.2, -0.15) is 0 Å². The average Bonchev–Trinajstić information content (AvgIpc) is 2.13. The van der Waals surface area contributed by atoms with Gasteiger partial charge in [0.2, 0.25) is 0 Å². The highest BCUT2D eigenvalue weighted by molar-refractivity contribution is 4.90. The van der Waals surface area contributed by atoms with E-state index in [0.29, 0.717) is 17.0 Å². The third kappa shape index (κ3) is 4.84. The topological polar surface area (TPSA) is 24.1 Å². The molecule has 0 saturated carbocycles. The zero-order valence-electron chi connectivity index (χ0n) is 11.8. The van der Waals surface area contributed by atoms with Crippen LogP contribution in [0.2, 0.25) is 0 Å². The summed E-state index contributed by atoms with van der Waals surface area (Å²) >= 11 is 0. The molecule has 0 aromatic rings. The minimum atomic E-state index is 0.310. The Hall–Kier alpha value is -0.0800. The van der Waals surface area contributed by atoms with Crippen LogP contribution in [0.1, 0.15) is 60.3 Å². The fourth-order valence-electron chi connectivity index (χ4n) is 2.74. The van der Waals surface area contributed by atoms with Crippen LogP contribution in [0.4, 0.5) is 0 Å². The highest BCUT2D eigenvalue weighted by Crippen LogP contribution is 2.23. The summed E-state index contributed by atoms with van der Waals surface area (Å²) in [4.78, 5) is 0. The molecule has 0 radical (unpaired) electrons. The fraction of sp³-hybridized carbons (Fsp3) is 1.00. The quantitative estimate of drug-likeness (QED) is 0.753. The molecule has 1 fully saturated rings. The van der Waals surface area contributed by atoms with Gasteiger partial charge in [-0.1, -0.05) is 27.2 Å². The minimum Gasteiger partial charge on any atom is -0.313 e. The molecule has 0 amide bonds. The molecule has 2 nitrogen and oxygen atoms in total. The van der Waals surface area contributed by atoms with E-state index in [4.69, 9.17) is 0 Å². The summed E-state index contributed by atoms with van der Waals surface area (Å²) in [5.74, 6) is 0. The Morgan fingerprint density at radius 3 is 2.62 bits per heavy atom. The molecule has 1 aliphatic heterocycles. The Morgan fingerprint density at radius 2 is 2.06 bits per heavy atom. The lowest BCUT2D eigenvalue weighted by Crippen LogP contribution is -2.53. The van der Waals surface area contributed by atoms with Crippen LogP contribution < -0.4 is 10.6 Å². The van der Waals surface area contributed by atoms with Crippen molar-refractivity contribution in [3.05, 3.63) is 0 Å².